The monoisotopic (exact) mass is 297 g/mol. The summed E-state index contributed by atoms with van der Waals surface area (Å²) < 4.78 is 5.06. The topological polar surface area (TPSA) is 27.7 Å². The minimum atomic E-state index is 0.734. The molecule has 1 aromatic rings. The lowest BCUT2D eigenvalue weighted by Crippen LogP contribution is -2.45. The number of anilines is 1. The Morgan fingerprint density at radius 3 is 2.70 bits per heavy atom. The summed E-state index contributed by atoms with van der Waals surface area (Å²) in [6, 6.07) is 6.17. The van der Waals surface area contributed by atoms with Crippen molar-refractivity contribution in [2.45, 2.75) is 6.54 Å². The van der Waals surface area contributed by atoms with E-state index in [1.54, 1.807) is 7.11 Å². The van der Waals surface area contributed by atoms with Crippen LogP contribution in [0.15, 0.2) is 18.2 Å². The highest BCUT2D eigenvalue weighted by Gasteiger charge is 2.17. The largest absolute Gasteiger partial charge is 0.383 e. The Hall–Kier alpha value is -0.810. The van der Waals surface area contributed by atoms with E-state index in [4.69, 9.17) is 16.3 Å². The molecular weight excluding hydrogens is 274 g/mol. The van der Waals surface area contributed by atoms with Gasteiger partial charge in [-0.15, -0.1) is 0 Å². The van der Waals surface area contributed by atoms with E-state index in [9.17, 15) is 0 Å². The zero-order chi connectivity index (χ0) is 14.4. The van der Waals surface area contributed by atoms with Crippen molar-refractivity contribution in [3.05, 3.63) is 28.8 Å². The van der Waals surface area contributed by atoms with Gasteiger partial charge in [-0.1, -0.05) is 17.7 Å². The van der Waals surface area contributed by atoms with Crippen molar-refractivity contribution in [1.82, 2.24) is 10.2 Å². The van der Waals surface area contributed by atoms with Crippen LogP contribution in [0, 0.1) is 0 Å². The molecule has 0 amide bonds. The van der Waals surface area contributed by atoms with Crippen LogP contribution in [0.2, 0.25) is 5.02 Å². The summed E-state index contributed by atoms with van der Waals surface area (Å²) in [5.74, 6) is 0. The lowest BCUT2D eigenvalue weighted by Gasteiger charge is -2.35. The van der Waals surface area contributed by atoms with Crippen molar-refractivity contribution in [3.63, 3.8) is 0 Å². The number of halogens is 1. The van der Waals surface area contributed by atoms with Gasteiger partial charge in [-0.05, 0) is 24.7 Å². The molecular formula is C15H24ClN3O. The van der Waals surface area contributed by atoms with E-state index in [1.165, 1.54) is 11.3 Å². The van der Waals surface area contributed by atoms with Gasteiger partial charge in [-0.25, -0.2) is 0 Å². The second-order valence-electron chi connectivity index (χ2n) is 5.23. The van der Waals surface area contributed by atoms with E-state index >= 15 is 0 Å². The normalized spacial score (nSPS) is 16.6. The van der Waals surface area contributed by atoms with E-state index in [1.807, 2.05) is 6.07 Å². The molecule has 2 rings (SSSR count). The maximum atomic E-state index is 6.17. The SMILES string of the molecule is COCCNCc1ccc(Cl)cc1N1CCN(C)CC1. The molecule has 1 heterocycles. The molecule has 1 aliphatic rings. The number of likely N-dealkylation sites (N-methyl/N-ethyl adjacent to an activating group) is 1. The summed E-state index contributed by atoms with van der Waals surface area (Å²) in [4.78, 5) is 4.79. The third-order valence-electron chi connectivity index (χ3n) is 3.69. The molecule has 0 spiro atoms. The Balaban J connectivity index is 2.03. The van der Waals surface area contributed by atoms with Crippen molar-refractivity contribution >= 4 is 17.3 Å². The van der Waals surface area contributed by atoms with Crippen LogP contribution in [0.25, 0.3) is 0 Å². The molecule has 0 saturated carbocycles. The molecule has 1 saturated heterocycles. The summed E-state index contributed by atoms with van der Waals surface area (Å²) in [5.41, 5.74) is 2.56. The maximum absolute atomic E-state index is 6.17. The summed E-state index contributed by atoms with van der Waals surface area (Å²) in [7, 11) is 3.89. The van der Waals surface area contributed by atoms with E-state index in [0.717, 1.165) is 50.9 Å². The van der Waals surface area contributed by atoms with Crippen LogP contribution < -0.4 is 10.2 Å². The molecule has 0 radical (unpaired) electrons. The van der Waals surface area contributed by atoms with Crippen LogP contribution in [0.4, 0.5) is 5.69 Å². The summed E-state index contributed by atoms with van der Waals surface area (Å²) in [5, 5.41) is 4.21. The second kappa shape index (κ2) is 7.84. The van der Waals surface area contributed by atoms with Gasteiger partial charge in [0.2, 0.25) is 0 Å². The van der Waals surface area contributed by atoms with Gasteiger partial charge in [0, 0.05) is 57.1 Å². The van der Waals surface area contributed by atoms with Crippen LogP contribution >= 0.6 is 11.6 Å². The highest BCUT2D eigenvalue weighted by atomic mass is 35.5. The molecule has 1 N–H and O–H groups in total. The fraction of sp³-hybridized carbons (Fsp3) is 0.600. The lowest BCUT2D eigenvalue weighted by atomic mass is 10.1. The van der Waals surface area contributed by atoms with Crippen LogP contribution in [0.3, 0.4) is 0 Å². The van der Waals surface area contributed by atoms with Crippen LogP contribution in [0.5, 0.6) is 0 Å². The van der Waals surface area contributed by atoms with E-state index < -0.39 is 0 Å². The number of benzene rings is 1. The van der Waals surface area contributed by atoms with Crippen molar-refractivity contribution in [3.8, 4) is 0 Å². The van der Waals surface area contributed by atoms with Crippen LogP contribution in [0.1, 0.15) is 5.56 Å². The lowest BCUT2D eigenvalue weighted by molar-refractivity contribution is 0.199. The molecule has 0 aromatic heterocycles. The summed E-state index contributed by atoms with van der Waals surface area (Å²) in [6.45, 7) is 6.76. The third-order valence-corrected chi connectivity index (χ3v) is 3.92. The van der Waals surface area contributed by atoms with Crippen LogP contribution in [-0.4, -0.2) is 58.4 Å². The van der Waals surface area contributed by atoms with E-state index in [2.05, 4.69) is 34.3 Å². The van der Waals surface area contributed by atoms with Gasteiger partial charge in [0.1, 0.15) is 0 Å². The number of rotatable bonds is 6. The molecule has 1 aliphatic heterocycles. The first-order chi connectivity index (χ1) is 9.70. The molecule has 20 heavy (non-hydrogen) atoms. The van der Waals surface area contributed by atoms with E-state index in [0.29, 0.717) is 0 Å². The fourth-order valence-electron chi connectivity index (χ4n) is 2.43. The average molecular weight is 298 g/mol. The maximum Gasteiger partial charge on any atom is 0.0587 e. The Kier molecular flexibility index (Phi) is 6.10. The van der Waals surface area contributed by atoms with Crippen molar-refractivity contribution < 1.29 is 4.74 Å². The van der Waals surface area contributed by atoms with Gasteiger partial charge in [-0.2, -0.15) is 0 Å². The number of nitrogens with zero attached hydrogens (tertiary/aromatic N) is 2. The van der Waals surface area contributed by atoms with Gasteiger partial charge in [-0.3, -0.25) is 0 Å². The summed E-state index contributed by atoms with van der Waals surface area (Å²) >= 11 is 6.17. The quantitative estimate of drug-likeness (QED) is 0.811. The van der Waals surface area contributed by atoms with Crippen molar-refractivity contribution in [2.75, 3.05) is 58.4 Å². The minimum absolute atomic E-state index is 0.734. The molecule has 112 valence electrons. The van der Waals surface area contributed by atoms with Gasteiger partial charge >= 0.3 is 0 Å². The first-order valence-corrected chi connectivity index (χ1v) is 7.50. The molecule has 0 atom stereocenters. The predicted molar refractivity (Wildman–Crippen MR) is 84.7 cm³/mol. The number of nitrogens with one attached hydrogen (secondary N) is 1. The average Bonchev–Trinajstić information content (AvgIpc) is 2.46. The predicted octanol–water partition coefficient (Wildman–Crippen LogP) is 1.83. The van der Waals surface area contributed by atoms with Crippen LogP contribution in [-0.2, 0) is 11.3 Å². The van der Waals surface area contributed by atoms with Gasteiger partial charge in [0.25, 0.3) is 0 Å². The fourth-order valence-corrected chi connectivity index (χ4v) is 2.59. The van der Waals surface area contributed by atoms with Gasteiger partial charge in [0.05, 0.1) is 6.61 Å². The Morgan fingerprint density at radius 2 is 2.00 bits per heavy atom. The smallest absolute Gasteiger partial charge is 0.0587 e. The molecule has 1 aromatic carbocycles. The Morgan fingerprint density at radius 1 is 1.25 bits per heavy atom. The molecule has 0 aliphatic carbocycles. The van der Waals surface area contributed by atoms with Gasteiger partial charge in [0.15, 0.2) is 0 Å². The number of ether oxygens (including phenoxy) is 1. The van der Waals surface area contributed by atoms with Crippen molar-refractivity contribution in [1.29, 1.82) is 0 Å². The molecule has 0 unspecified atom stereocenters. The number of methoxy groups -OCH3 is 1. The van der Waals surface area contributed by atoms with Gasteiger partial charge < -0.3 is 19.9 Å². The zero-order valence-electron chi connectivity index (χ0n) is 12.4. The second-order valence-corrected chi connectivity index (χ2v) is 5.67. The third kappa shape index (κ3) is 4.35. The number of hydrogen-bond donors (Lipinski definition) is 1. The van der Waals surface area contributed by atoms with Crippen molar-refractivity contribution in [2.24, 2.45) is 0 Å². The highest BCUT2D eigenvalue weighted by Crippen LogP contribution is 2.25. The molecule has 5 heteroatoms. The zero-order valence-corrected chi connectivity index (χ0v) is 13.1. The Labute approximate surface area is 126 Å². The first kappa shape index (κ1) is 15.6. The Bertz CT molecular complexity index is 420. The number of piperazine rings is 1. The van der Waals surface area contributed by atoms with E-state index in [-0.39, 0.29) is 0 Å². The highest BCUT2D eigenvalue weighted by molar-refractivity contribution is 6.30. The first-order valence-electron chi connectivity index (χ1n) is 7.12. The minimum Gasteiger partial charge on any atom is -0.383 e. The number of hydrogen-bond acceptors (Lipinski definition) is 4. The molecule has 1 fully saturated rings. The standard InChI is InChI=1S/C15H24ClN3O/c1-18-6-8-19(9-7-18)15-11-14(16)4-3-13(15)12-17-5-10-20-2/h3-4,11,17H,5-10,12H2,1-2H3. The summed E-state index contributed by atoms with van der Waals surface area (Å²) in [6.07, 6.45) is 0. The molecule has 4 nitrogen and oxygen atoms in total. The molecule has 0 bridgehead atoms.